The average Bonchev–Trinajstić information content (AvgIpc) is 2.48. The largest absolute Gasteiger partial charge is 0.493 e. The summed E-state index contributed by atoms with van der Waals surface area (Å²) < 4.78 is 11.2. The topological polar surface area (TPSA) is 77.6 Å². The molecule has 1 aromatic carbocycles. The van der Waals surface area contributed by atoms with Gasteiger partial charge in [0.2, 0.25) is 0 Å². The third-order valence-corrected chi connectivity index (χ3v) is 3.87. The van der Waals surface area contributed by atoms with Gasteiger partial charge in [-0.1, -0.05) is 15.9 Å². The first-order chi connectivity index (χ1) is 9.97. The summed E-state index contributed by atoms with van der Waals surface area (Å²) in [6.07, 6.45) is 0.751. The molecule has 2 aromatic rings. The number of aryl methyl sites for hydroxylation is 1. The van der Waals surface area contributed by atoms with Crippen LogP contribution in [-0.4, -0.2) is 24.3 Å². The Kier molecular flexibility index (Phi) is 4.69. The summed E-state index contributed by atoms with van der Waals surface area (Å²) in [5, 5.41) is 10.6. The quantitative estimate of drug-likeness (QED) is 0.884. The van der Waals surface area contributed by atoms with E-state index in [2.05, 4.69) is 20.9 Å². The zero-order valence-corrected chi connectivity index (χ0v) is 13.6. The minimum absolute atomic E-state index is 0.301. The predicted octanol–water partition coefficient (Wildman–Crippen LogP) is 2.83. The van der Waals surface area contributed by atoms with Crippen LogP contribution in [0.3, 0.4) is 0 Å². The maximum atomic E-state index is 10.6. The van der Waals surface area contributed by atoms with E-state index in [1.54, 1.807) is 32.5 Å². The third kappa shape index (κ3) is 3.11. The van der Waals surface area contributed by atoms with Gasteiger partial charge in [-0.15, -0.1) is 0 Å². The standard InChI is InChI=1S/C15H17BrN2O3/c1-8-4-10(15(17)18-7-8)14(19)9-5-12(20-2)13(21-3)6-11(9)16/h4-7,14,19H,1-3H3,(H2,17,18). The maximum absolute atomic E-state index is 10.6. The van der Waals surface area contributed by atoms with E-state index >= 15 is 0 Å². The van der Waals surface area contributed by atoms with Crippen LogP contribution < -0.4 is 15.2 Å². The van der Waals surface area contributed by atoms with Crippen molar-refractivity contribution in [2.75, 3.05) is 20.0 Å². The van der Waals surface area contributed by atoms with E-state index in [-0.39, 0.29) is 0 Å². The number of nitrogens with zero attached hydrogens (tertiary/aromatic N) is 1. The Balaban J connectivity index is 2.52. The molecule has 1 atom stereocenters. The summed E-state index contributed by atoms with van der Waals surface area (Å²) in [6.45, 7) is 1.90. The van der Waals surface area contributed by atoms with Crippen molar-refractivity contribution in [1.82, 2.24) is 4.98 Å². The molecule has 1 unspecified atom stereocenters. The van der Waals surface area contributed by atoms with Gasteiger partial charge < -0.3 is 20.3 Å². The molecule has 5 nitrogen and oxygen atoms in total. The van der Waals surface area contributed by atoms with Crippen LogP contribution in [0.4, 0.5) is 5.82 Å². The molecule has 0 bridgehead atoms. The summed E-state index contributed by atoms with van der Waals surface area (Å²) in [5.74, 6) is 1.42. The van der Waals surface area contributed by atoms with Gasteiger partial charge in [0, 0.05) is 21.8 Å². The molecule has 6 heteroatoms. The van der Waals surface area contributed by atoms with E-state index in [0.29, 0.717) is 32.9 Å². The minimum atomic E-state index is -0.911. The van der Waals surface area contributed by atoms with Crippen LogP contribution in [0.25, 0.3) is 0 Å². The van der Waals surface area contributed by atoms with Gasteiger partial charge in [0.15, 0.2) is 11.5 Å². The molecule has 0 aliphatic rings. The number of halogens is 1. The first kappa shape index (κ1) is 15.6. The van der Waals surface area contributed by atoms with Gasteiger partial charge in [0.25, 0.3) is 0 Å². The number of hydrogen-bond acceptors (Lipinski definition) is 5. The lowest BCUT2D eigenvalue weighted by molar-refractivity contribution is 0.219. The molecule has 0 saturated heterocycles. The van der Waals surface area contributed by atoms with Crippen LogP contribution in [0.5, 0.6) is 11.5 Å². The zero-order chi connectivity index (χ0) is 15.6. The van der Waals surface area contributed by atoms with Crippen LogP contribution in [0.1, 0.15) is 22.8 Å². The number of pyridine rings is 1. The Morgan fingerprint density at radius 2 is 1.76 bits per heavy atom. The predicted molar refractivity (Wildman–Crippen MR) is 84.7 cm³/mol. The number of aromatic nitrogens is 1. The fourth-order valence-corrected chi connectivity index (χ4v) is 2.61. The molecule has 21 heavy (non-hydrogen) atoms. The first-order valence-electron chi connectivity index (χ1n) is 6.29. The second kappa shape index (κ2) is 6.32. The fraction of sp³-hybridized carbons (Fsp3) is 0.267. The monoisotopic (exact) mass is 352 g/mol. The highest BCUT2D eigenvalue weighted by molar-refractivity contribution is 9.10. The second-order valence-electron chi connectivity index (χ2n) is 4.62. The summed E-state index contributed by atoms with van der Waals surface area (Å²) >= 11 is 3.44. The van der Waals surface area contributed by atoms with Gasteiger partial charge in [-0.25, -0.2) is 4.98 Å². The zero-order valence-electron chi connectivity index (χ0n) is 12.1. The van der Waals surface area contributed by atoms with Crippen LogP contribution in [0.15, 0.2) is 28.9 Å². The van der Waals surface area contributed by atoms with Gasteiger partial charge in [0.1, 0.15) is 11.9 Å². The lowest BCUT2D eigenvalue weighted by atomic mass is 10.0. The van der Waals surface area contributed by atoms with Gasteiger partial charge in [0.05, 0.1) is 14.2 Å². The number of methoxy groups -OCH3 is 2. The molecular formula is C15H17BrN2O3. The Morgan fingerprint density at radius 3 is 2.38 bits per heavy atom. The van der Waals surface area contributed by atoms with E-state index < -0.39 is 6.10 Å². The molecular weight excluding hydrogens is 336 g/mol. The molecule has 0 aliphatic heterocycles. The first-order valence-corrected chi connectivity index (χ1v) is 7.08. The van der Waals surface area contributed by atoms with Crippen molar-refractivity contribution in [1.29, 1.82) is 0 Å². The van der Waals surface area contributed by atoms with E-state index in [1.807, 2.05) is 13.0 Å². The number of hydrogen-bond donors (Lipinski definition) is 2. The van der Waals surface area contributed by atoms with Gasteiger partial charge >= 0.3 is 0 Å². The van der Waals surface area contributed by atoms with Crippen molar-refractivity contribution in [2.24, 2.45) is 0 Å². The molecule has 0 radical (unpaired) electrons. The number of ether oxygens (including phenoxy) is 2. The van der Waals surface area contributed by atoms with Crippen LogP contribution in [-0.2, 0) is 0 Å². The molecule has 0 aliphatic carbocycles. The number of aliphatic hydroxyl groups excluding tert-OH is 1. The van der Waals surface area contributed by atoms with Crippen molar-refractivity contribution in [3.8, 4) is 11.5 Å². The van der Waals surface area contributed by atoms with Crippen molar-refractivity contribution in [3.63, 3.8) is 0 Å². The maximum Gasteiger partial charge on any atom is 0.161 e. The molecule has 0 amide bonds. The van der Waals surface area contributed by atoms with E-state index in [4.69, 9.17) is 15.2 Å². The van der Waals surface area contributed by atoms with E-state index in [0.717, 1.165) is 5.56 Å². The van der Waals surface area contributed by atoms with Crippen LogP contribution in [0.2, 0.25) is 0 Å². The molecule has 1 aromatic heterocycles. The highest BCUT2D eigenvalue weighted by Gasteiger charge is 2.20. The number of anilines is 1. The highest BCUT2D eigenvalue weighted by Crippen LogP contribution is 2.38. The van der Waals surface area contributed by atoms with Crippen molar-refractivity contribution in [2.45, 2.75) is 13.0 Å². The van der Waals surface area contributed by atoms with E-state index in [1.165, 1.54) is 0 Å². The van der Waals surface area contributed by atoms with Gasteiger partial charge in [-0.05, 0) is 30.7 Å². The third-order valence-electron chi connectivity index (χ3n) is 3.18. The number of nitrogens with two attached hydrogens (primary N) is 1. The molecule has 0 fully saturated rings. The fourth-order valence-electron chi connectivity index (χ4n) is 2.07. The number of benzene rings is 1. The second-order valence-corrected chi connectivity index (χ2v) is 5.47. The number of rotatable bonds is 4. The van der Waals surface area contributed by atoms with Crippen LogP contribution >= 0.6 is 15.9 Å². The Morgan fingerprint density at radius 1 is 1.14 bits per heavy atom. The number of aliphatic hydroxyl groups is 1. The van der Waals surface area contributed by atoms with Crippen molar-refractivity contribution in [3.05, 3.63) is 45.6 Å². The molecule has 112 valence electrons. The smallest absolute Gasteiger partial charge is 0.161 e. The molecule has 0 saturated carbocycles. The summed E-state index contributed by atoms with van der Waals surface area (Å²) in [7, 11) is 3.10. The van der Waals surface area contributed by atoms with Crippen LogP contribution in [0, 0.1) is 6.92 Å². The summed E-state index contributed by atoms with van der Waals surface area (Å²) in [5.41, 5.74) is 7.98. The van der Waals surface area contributed by atoms with Gasteiger partial charge in [-0.2, -0.15) is 0 Å². The Labute approximate surface area is 131 Å². The molecule has 0 spiro atoms. The van der Waals surface area contributed by atoms with Crippen molar-refractivity contribution >= 4 is 21.7 Å². The summed E-state index contributed by atoms with van der Waals surface area (Å²) in [4.78, 5) is 4.08. The molecule has 3 N–H and O–H groups in total. The van der Waals surface area contributed by atoms with Gasteiger partial charge in [-0.3, -0.25) is 0 Å². The highest BCUT2D eigenvalue weighted by atomic mass is 79.9. The van der Waals surface area contributed by atoms with Crippen molar-refractivity contribution < 1.29 is 14.6 Å². The average molecular weight is 353 g/mol. The summed E-state index contributed by atoms with van der Waals surface area (Å²) in [6, 6.07) is 5.28. The Hall–Kier alpha value is -1.79. The SMILES string of the molecule is COc1cc(Br)c(C(O)c2cc(C)cnc2N)cc1OC. The molecule has 1 heterocycles. The Bertz CT molecular complexity index is 662. The lowest BCUT2D eigenvalue weighted by Crippen LogP contribution is -2.07. The van der Waals surface area contributed by atoms with E-state index in [9.17, 15) is 5.11 Å². The normalized spacial score (nSPS) is 12.0. The lowest BCUT2D eigenvalue weighted by Gasteiger charge is -2.18. The number of nitrogen functional groups attached to an aromatic ring is 1. The molecule has 2 rings (SSSR count). The minimum Gasteiger partial charge on any atom is -0.493 e.